The summed E-state index contributed by atoms with van der Waals surface area (Å²) in [7, 11) is 0. The molecular formula is C18H37NS. The minimum atomic E-state index is 1.34. The molecule has 20 heavy (non-hydrogen) atoms. The van der Waals surface area contributed by atoms with Crippen molar-refractivity contribution in [3.05, 3.63) is 0 Å². The molecule has 1 nitrogen and oxygen atoms in total. The highest BCUT2D eigenvalue weighted by atomic mass is 32.2. The minimum Gasteiger partial charge on any atom is -0.302 e. The van der Waals surface area contributed by atoms with E-state index in [0.717, 1.165) is 0 Å². The number of thioether (sulfide) groups is 1. The number of unbranched alkanes of at least 4 members (excludes halogenated alkanes) is 11. The first kappa shape index (κ1) is 18.4. The molecule has 0 aromatic carbocycles. The molecule has 0 radical (unpaired) electrons. The maximum Gasteiger partial charge on any atom is 0.00727 e. The second-order valence-corrected chi connectivity index (χ2v) is 7.57. The van der Waals surface area contributed by atoms with E-state index in [0.29, 0.717) is 0 Å². The van der Waals surface area contributed by atoms with E-state index in [2.05, 4.69) is 23.6 Å². The smallest absolute Gasteiger partial charge is 0.00727 e. The summed E-state index contributed by atoms with van der Waals surface area (Å²) in [6.07, 6.45) is 17.5. The van der Waals surface area contributed by atoms with Crippen molar-refractivity contribution in [2.24, 2.45) is 0 Å². The van der Waals surface area contributed by atoms with Crippen molar-refractivity contribution in [2.45, 2.75) is 84.0 Å². The lowest BCUT2D eigenvalue weighted by Crippen LogP contribution is -2.33. The van der Waals surface area contributed by atoms with Crippen molar-refractivity contribution in [3.63, 3.8) is 0 Å². The van der Waals surface area contributed by atoms with Gasteiger partial charge in [0.1, 0.15) is 0 Å². The van der Waals surface area contributed by atoms with E-state index in [1.54, 1.807) is 0 Å². The Morgan fingerprint density at radius 2 is 1.10 bits per heavy atom. The van der Waals surface area contributed by atoms with Gasteiger partial charge in [-0.15, -0.1) is 0 Å². The summed E-state index contributed by atoms with van der Waals surface area (Å²) >= 11 is 2.12. The molecule has 0 aromatic rings. The van der Waals surface area contributed by atoms with E-state index >= 15 is 0 Å². The molecule has 0 spiro atoms. The van der Waals surface area contributed by atoms with Gasteiger partial charge in [-0.3, -0.25) is 0 Å². The van der Waals surface area contributed by atoms with Crippen LogP contribution in [0.2, 0.25) is 0 Å². The van der Waals surface area contributed by atoms with E-state index in [4.69, 9.17) is 0 Å². The summed E-state index contributed by atoms with van der Waals surface area (Å²) in [5.41, 5.74) is 0. The average molecular weight is 300 g/mol. The molecule has 2 heteroatoms. The molecular weight excluding hydrogens is 262 g/mol. The number of nitrogens with zero attached hydrogens (tertiary/aromatic N) is 1. The second-order valence-electron chi connectivity index (χ2n) is 6.34. The molecule has 0 atom stereocenters. The molecule has 1 rings (SSSR count). The molecule has 0 N–H and O–H groups in total. The maximum atomic E-state index is 2.66. The molecule has 0 aliphatic carbocycles. The van der Waals surface area contributed by atoms with Gasteiger partial charge in [0.15, 0.2) is 0 Å². The van der Waals surface area contributed by atoms with Gasteiger partial charge < -0.3 is 4.90 Å². The number of hydrogen-bond acceptors (Lipinski definition) is 2. The molecule has 0 saturated carbocycles. The van der Waals surface area contributed by atoms with Crippen molar-refractivity contribution >= 4 is 11.8 Å². The Morgan fingerprint density at radius 3 is 1.60 bits per heavy atom. The van der Waals surface area contributed by atoms with Crippen molar-refractivity contribution in [3.8, 4) is 0 Å². The Kier molecular flexibility index (Phi) is 13.1. The monoisotopic (exact) mass is 299 g/mol. The van der Waals surface area contributed by atoms with Gasteiger partial charge in [0, 0.05) is 24.6 Å². The Labute approximate surface area is 132 Å². The highest BCUT2D eigenvalue weighted by molar-refractivity contribution is 7.99. The van der Waals surface area contributed by atoms with Gasteiger partial charge >= 0.3 is 0 Å². The fraction of sp³-hybridized carbons (Fsp3) is 1.00. The lowest BCUT2D eigenvalue weighted by atomic mass is 10.1. The van der Waals surface area contributed by atoms with Gasteiger partial charge in [-0.2, -0.15) is 11.8 Å². The summed E-state index contributed by atoms with van der Waals surface area (Å²) in [6.45, 7) is 6.33. The summed E-state index contributed by atoms with van der Waals surface area (Å²) in [6, 6.07) is 0. The summed E-state index contributed by atoms with van der Waals surface area (Å²) in [5, 5.41) is 0. The molecule has 0 bridgehead atoms. The van der Waals surface area contributed by atoms with E-state index < -0.39 is 0 Å². The Balaban J connectivity index is 1.70. The predicted octanol–water partition coefficient (Wildman–Crippen LogP) is 5.74. The highest BCUT2D eigenvalue weighted by Crippen LogP contribution is 2.13. The Bertz CT molecular complexity index is 190. The zero-order valence-electron chi connectivity index (χ0n) is 13.9. The van der Waals surface area contributed by atoms with Crippen LogP contribution in [0.25, 0.3) is 0 Å². The Morgan fingerprint density at radius 1 is 0.650 bits per heavy atom. The van der Waals surface area contributed by atoms with Crippen LogP contribution < -0.4 is 0 Å². The molecule has 1 aliphatic heterocycles. The van der Waals surface area contributed by atoms with E-state index in [-0.39, 0.29) is 0 Å². The van der Waals surface area contributed by atoms with Crippen LogP contribution in [-0.2, 0) is 0 Å². The highest BCUT2D eigenvalue weighted by Gasteiger charge is 2.08. The fourth-order valence-corrected chi connectivity index (χ4v) is 3.98. The molecule has 0 amide bonds. The first-order valence-corrected chi connectivity index (χ1v) is 10.4. The third kappa shape index (κ3) is 11.0. The van der Waals surface area contributed by atoms with Gasteiger partial charge in [-0.05, 0) is 13.0 Å². The molecule has 1 saturated heterocycles. The zero-order valence-corrected chi connectivity index (χ0v) is 14.7. The molecule has 120 valence electrons. The zero-order chi connectivity index (χ0) is 14.3. The first-order chi connectivity index (χ1) is 9.93. The van der Waals surface area contributed by atoms with Gasteiger partial charge in [0.05, 0.1) is 0 Å². The van der Waals surface area contributed by atoms with Gasteiger partial charge in [0.2, 0.25) is 0 Å². The molecule has 0 unspecified atom stereocenters. The third-order valence-corrected chi connectivity index (χ3v) is 5.37. The number of rotatable bonds is 13. The van der Waals surface area contributed by atoms with E-state index in [1.807, 2.05) is 0 Å². The lowest BCUT2D eigenvalue weighted by molar-refractivity contribution is 0.294. The lowest BCUT2D eigenvalue weighted by Gasteiger charge is -2.25. The summed E-state index contributed by atoms with van der Waals surface area (Å²) < 4.78 is 0. The quantitative estimate of drug-likeness (QED) is 0.399. The SMILES string of the molecule is CCCCCCCCCCCCCCN1CCSCC1. The van der Waals surface area contributed by atoms with Crippen molar-refractivity contribution < 1.29 is 0 Å². The van der Waals surface area contributed by atoms with E-state index in [1.165, 1.54) is 108 Å². The number of hydrogen-bond donors (Lipinski definition) is 0. The standard InChI is InChI=1S/C18H37NS/c1-2-3-4-5-6-7-8-9-10-11-12-13-14-19-15-17-20-18-16-19/h2-18H2,1H3. The van der Waals surface area contributed by atoms with Crippen LogP contribution in [0.4, 0.5) is 0 Å². The summed E-state index contributed by atoms with van der Waals surface area (Å²) in [5.74, 6) is 2.72. The first-order valence-electron chi connectivity index (χ1n) is 9.23. The van der Waals surface area contributed by atoms with Crippen LogP contribution in [0.3, 0.4) is 0 Å². The fourth-order valence-electron chi connectivity index (χ4n) is 3.00. The van der Waals surface area contributed by atoms with Crippen LogP contribution in [0.15, 0.2) is 0 Å². The minimum absolute atomic E-state index is 1.34. The van der Waals surface area contributed by atoms with Crippen LogP contribution in [0.5, 0.6) is 0 Å². The molecule has 1 heterocycles. The van der Waals surface area contributed by atoms with Crippen molar-refractivity contribution in [1.29, 1.82) is 0 Å². The van der Waals surface area contributed by atoms with Crippen molar-refractivity contribution in [1.82, 2.24) is 4.90 Å². The predicted molar refractivity (Wildman–Crippen MR) is 94.8 cm³/mol. The maximum absolute atomic E-state index is 2.66. The Hall–Kier alpha value is 0.310. The molecule has 1 aliphatic rings. The van der Waals surface area contributed by atoms with Gasteiger partial charge in [-0.1, -0.05) is 77.6 Å². The normalized spacial score (nSPS) is 16.6. The van der Waals surface area contributed by atoms with Gasteiger partial charge in [-0.25, -0.2) is 0 Å². The van der Waals surface area contributed by atoms with Crippen molar-refractivity contribution in [2.75, 3.05) is 31.1 Å². The largest absolute Gasteiger partial charge is 0.302 e. The van der Waals surface area contributed by atoms with Crippen LogP contribution in [0, 0.1) is 0 Å². The van der Waals surface area contributed by atoms with Gasteiger partial charge in [0.25, 0.3) is 0 Å². The van der Waals surface area contributed by atoms with Crippen LogP contribution in [-0.4, -0.2) is 36.0 Å². The topological polar surface area (TPSA) is 3.24 Å². The average Bonchev–Trinajstić information content (AvgIpc) is 2.49. The van der Waals surface area contributed by atoms with Crippen LogP contribution >= 0.6 is 11.8 Å². The molecule has 0 aromatic heterocycles. The van der Waals surface area contributed by atoms with Crippen LogP contribution in [0.1, 0.15) is 84.0 Å². The summed E-state index contributed by atoms with van der Waals surface area (Å²) in [4.78, 5) is 2.66. The molecule has 1 fully saturated rings. The third-order valence-electron chi connectivity index (χ3n) is 4.43. The second kappa shape index (κ2) is 14.3. The van der Waals surface area contributed by atoms with E-state index in [9.17, 15) is 0 Å².